The van der Waals surface area contributed by atoms with Crippen LogP contribution in [0.15, 0.2) is 42.5 Å². The molecule has 0 bridgehead atoms. The Morgan fingerprint density at radius 2 is 1.89 bits per heavy atom. The van der Waals surface area contributed by atoms with Crippen LogP contribution in [-0.2, 0) is 6.54 Å². The van der Waals surface area contributed by atoms with Gasteiger partial charge in [-0.2, -0.15) is 0 Å². The number of hydrogen-bond acceptors (Lipinski definition) is 3. The van der Waals surface area contributed by atoms with Gasteiger partial charge in [0.1, 0.15) is 17.2 Å². The maximum absolute atomic E-state index is 6.20. The summed E-state index contributed by atoms with van der Waals surface area (Å²) >= 11 is 6.20. The van der Waals surface area contributed by atoms with Crippen LogP contribution in [0.1, 0.15) is 5.56 Å². The molecule has 1 N–H and O–H groups in total. The summed E-state index contributed by atoms with van der Waals surface area (Å²) in [6.07, 6.45) is 0. The molecular weight excluding hydrogens is 262 g/mol. The lowest BCUT2D eigenvalue weighted by Gasteiger charge is -2.10. The third-order valence-corrected chi connectivity index (χ3v) is 2.94. The van der Waals surface area contributed by atoms with Gasteiger partial charge in [0.05, 0.1) is 12.1 Å². The average Bonchev–Trinajstić information content (AvgIpc) is 2.42. The van der Waals surface area contributed by atoms with E-state index in [2.05, 4.69) is 5.32 Å². The predicted molar refractivity (Wildman–Crippen MR) is 77.3 cm³/mol. The number of ether oxygens (including phenoxy) is 2. The van der Waals surface area contributed by atoms with Gasteiger partial charge in [0.15, 0.2) is 0 Å². The van der Waals surface area contributed by atoms with Gasteiger partial charge in [0.2, 0.25) is 0 Å². The zero-order valence-electron chi connectivity index (χ0n) is 10.9. The second kappa shape index (κ2) is 6.45. The molecule has 0 atom stereocenters. The summed E-state index contributed by atoms with van der Waals surface area (Å²) in [4.78, 5) is 0. The van der Waals surface area contributed by atoms with E-state index in [4.69, 9.17) is 21.1 Å². The zero-order valence-corrected chi connectivity index (χ0v) is 11.7. The highest BCUT2D eigenvalue weighted by Gasteiger charge is 2.05. The van der Waals surface area contributed by atoms with E-state index in [9.17, 15) is 0 Å². The standard InChI is InChI=1S/C15H16ClNO2/c1-17-10-11-6-7-15(14(16)8-11)19-13-5-3-4-12(9-13)18-2/h3-9,17H,10H2,1-2H3. The first-order chi connectivity index (χ1) is 9.22. The second-order valence-electron chi connectivity index (χ2n) is 4.08. The van der Waals surface area contributed by atoms with Crippen LogP contribution >= 0.6 is 11.6 Å². The van der Waals surface area contributed by atoms with E-state index < -0.39 is 0 Å². The smallest absolute Gasteiger partial charge is 0.146 e. The lowest BCUT2D eigenvalue weighted by atomic mass is 10.2. The summed E-state index contributed by atoms with van der Waals surface area (Å²) in [6, 6.07) is 13.2. The normalized spacial score (nSPS) is 10.3. The minimum Gasteiger partial charge on any atom is -0.497 e. The van der Waals surface area contributed by atoms with Gasteiger partial charge in [-0.15, -0.1) is 0 Å². The number of methoxy groups -OCH3 is 1. The van der Waals surface area contributed by atoms with Crippen LogP contribution in [0.3, 0.4) is 0 Å². The summed E-state index contributed by atoms with van der Waals surface area (Å²) in [5.41, 5.74) is 1.12. The molecule has 0 radical (unpaired) electrons. The maximum atomic E-state index is 6.20. The van der Waals surface area contributed by atoms with Gasteiger partial charge in [-0.25, -0.2) is 0 Å². The quantitative estimate of drug-likeness (QED) is 0.900. The van der Waals surface area contributed by atoms with Gasteiger partial charge in [-0.05, 0) is 36.9 Å². The summed E-state index contributed by atoms with van der Waals surface area (Å²) in [5, 5.41) is 3.67. The van der Waals surface area contributed by atoms with Gasteiger partial charge in [0.25, 0.3) is 0 Å². The number of rotatable bonds is 5. The van der Waals surface area contributed by atoms with Crippen LogP contribution in [0.25, 0.3) is 0 Å². The molecule has 4 heteroatoms. The van der Waals surface area contributed by atoms with E-state index in [0.717, 1.165) is 17.9 Å². The third-order valence-electron chi connectivity index (χ3n) is 2.65. The number of hydrogen-bond donors (Lipinski definition) is 1. The van der Waals surface area contributed by atoms with Crippen molar-refractivity contribution in [3.05, 3.63) is 53.1 Å². The minimum atomic E-state index is 0.593. The highest BCUT2D eigenvalue weighted by molar-refractivity contribution is 6.32. The predicted octanol–water partition coefficient (Wildman–Crippen LogP) is 3.86. The Labute approximate surface area is 118 Å². The van der Waals surface area contributed by atoms with Crippen molar-refractivity contribution in [3.63, 3.8) is 0 Å². The van der Waals surface area contributed by atoms with Gasteiger partial charge >= 0.3 is 0 Å². The van der Waals surface area contributed by atoms with Crippen LogP contribution in [0.5, 0.6) is 17.2 Å². The molecular formula is C15H16ClNO2. The van der Waals surface area contributed by atoms with Crippen molar-refractivity contribution in [1.82, 2.24) is 5.32 Å². The minimum absolute atomic E-state index is 0.593. The maximum Gasteiger partial charge on any atom is 0.146 e. The topological polar surface area (TPSA) is 30.5 Å². The molecule has 3 nitrogen and oxygen atoms in total. The number of benzene rings is 2. The molecule has 0 fully saturated rings. The van der Waals surface area contributed by atoms with Crippen molar-refractivity contribution in [2.45, 2.75) is 6.54 Å². The molecule has 0 heterocycles. The molecule has 0 aliphatic rings. The molecule has 0 saturated carbocycles. The molecule has 0 amide bonds. The van der Waals surface area contributed by atoms with Crippen LogP contribution in [0.2, 0.25) is 5.02 Å². The lowest BCUT2D eigenvalue weighted by molar-refractivity contribution is 0.409. The average molecular weight is 278 g/mol. The van der Waals surface area contributed by atoms with E-state index in [1.165, 1.54) is 0 Å². The largest absolute Gasteiger partial charge is 0.497 e. The first-order valence-corrected chi connectivity index (χ1v) is 6.35. The monoisotopic (exact) mass is 277 g/mol. The van der Waals surface area contributed by atoms with Gasteiger partial charge in [0, 0.05) is 12.6 Å². The fourth-order valence-electron chi connectivity index (χ4n) is 1.73. The Balaban J connectivity index is 2.18. The SMILES string of the molecule is CNCc1ccc(Oc2cccc(OC)c2)c(Cl)c1. The number of nitrogens with one attached hydrogen (secondary N) is 1. The third kappa shape index (κ3) is 3.63. The van der Waals surface area contributed by atoms with E-state index in [-0.39, 0.29) is 0 Å². The van der Waals surface area contributed by atoms with Crippen molar-refractivity contribution < 1.29 is 9.47 Å². The molecule has 0 saturated heterocycles. The molecule has 19 heavy (non-hydrogen) atoms. The van der Waals surface area contributed by atoms with Gasteiger partial charge in [-0.1, -0.05) is 23.7 Å². The van der Waals surface area contributed by atoms with E-state index >= 15 is 0 Å². The van der Waals surface area contributed by atoms with E-state index in [1.807, 2.05) is 49.5 Å². The highest BCUT2D eigenvalue weighted by Crippen LogP contribution is 2.31. The van der Waals surface area contributed by atoms with E-state index in [1.54, 1.807) is 7.11 Å². The fourth-order valence-corrected chi connectivity index (χ4v) is 1.97. The zero-order chi connectivity index (χ0) is 13.7. The first kappa shape index (κ1) is 13.7. The first-order valence-electron chi connectivity index (χ1n) is 5.98. The molecule has 0 spiro atoms. The molecule has 0 aliphatic heterocycles. The summed E-state index contributed by atoms with van der Waals surface area (Å²) < 4.78 is 10.9. The van der Waals surface area contributed by atoms with Crippen molar-refractivity contribution in [2.24, 2.45) is 0 Å². The van der Waals surface area contributed by atoms with E-state index in [0.29, 0.717) is 16.5 Å². The van der Waals surface area contributed by atoms with Gasteiger partial charge in [-0.3, -0.25) is 0 Å². The Kier molecular flexibility index (Phi) is 4.66. The summed E-state index contributed by atoms with van der Waals surface area (Å²) in [6.45, 7) is 0.777. The molecule has 100 valence electrons. The summed E-state index contributed by atoms with van der Waals surface area (Å²) in [5.74, 6) is 2.08. The van der Waals surface area contributed by atoms with Crippen molar-refractivity contribution >= 4 is 11.6 Å². The molecule has 0 unspecified atom stereocenters. The lowest BCUT2D eigenvalue weighted by Crippen LogP contribution is -2.04. The van der Waals surface area contributed by atoms with Crippen molar-refractivity contribution in [3.8, 4) is 17.2 Å². The van der Waals surface area contributed by atoms with Crippen molar-refractivity contribution in [1.29, 1.82) is 0 Å². The molecule has 2 aromatic rings. The molecule has 2 aromatic carbocycles. The van der Waals surface area contributed by atoms with Crippen LogP contribution in [-0.4, -0.2) is 14.2 Å². The van der Waals surface area contributed by atoms with Crippen LogP contribution in [0.4, 0.5) is 0 Å². The Morgan fingerprint density at radius 1 is 1.11 bits per heavy atom. The fraction of sp³-hybridized carbons (Fsp3) is 0.200. The van der Waals surface area contributed by atoms with Crippen molar-refractivity contribution in [2.75, 3.05) is 14.2 Å². The Bertz CT molecular complexity index is 558. The highest BCUT2D eigenvalue weighted by atomic mass is 35.5. The molecule has 0 aliphatic carbocycles. The second-order valence-corrected chi connectivity index (χ2v) is 4.48. The van der Waals surface area contributed by atoms with Crippen LogP contribution in [0, 0.1) is 0 Å². The molecule has 0 aromatic heterocycles. The van der Waals surface area contributed by atoms with Crippen LogP contribution < -0.4 is 14.8 Å². The summed E-state index contributed by atoms with van der Waals surface area (Å²) in [7, 11) is 3.52. The van der Waals surface area contributed by atoms with Gasteiger partial charge < -0.3 is 14.8 Å². The Morgan fingerprint density at radius 3 is 2.58 bits per heavy atom. The number of halogens is 1. The molecule has 2 rings (SSSR count). The Hall–Kier alpha value is -1.71.